The lowest BCUT2D eigenvalue weighted by Gasteiger charge is -2.19. The number of aldehydes is 1. The van der Waals surface area contributed by atoms with E-state index in [2.05, 4.69) is 0 Å². The molecule has 1 N–H and O–H groups in total. The van der Waals surface area contributed by atoms with Crippen molar-refractivity contribution in [2.45, 2.75) is 26.9 Å². The van der Waals surface area contributed by atoms with Gasteiger partial charge in [0, 0.05) is 0 Å². The van der Waals surface area contributed by atoms with Crippen LogP contribution in [0.5, 0.6) is 0 Å². The van der Waals surface area contributed by atoms with Crippen LogP contribution in [0.1, 0.15) is 20.8 Å². The Hall–Kier alpha value is -0.370. The van der Waals surface area contributed by atoms with Crippen LogP contribution in [0.25, 0.3) is 0 Å². The molecular formula is C6H12O2. The first kappa shape index (κ1) is 7.63. The largest absolute Gasteiger partial charge is 0.385 e. The summed E-state index contributed by atoms with van der Waals surface area (Å²) < 4.78 is 0. The summed E-state index contributed by atoms with van der Waals surface area (Å²) in [6.45, 7) is 5.43. The van der Waals surface area contributed by atoms with Crippen molar-refractivity contribution in [3.63, 3.8) is 0 Å². The number of hydrogen-bond donors (Lipinski definition) is 1. The number of aliphatic hydroxyl groups is 1. The molecule has 48 valence electrons. The van der Waals surface area contributed by atoms with Gasteiger partial charge in [-0.25, -0.2) is 0 Å². The zero-order valence-corrected chi connectivity index (χ0v) is 5.51. The Labute approximate surface area is 49.5 Å². The van der Waals surface area contributed by atoms with Crippen LogP contribution in [0, 0.1) is 5.41 Å². The lowest BCUT2D eigenvalue weighted by Crippen LogP contribution is -2.26. The van der Waals surface area contributed by atoms with Crippen LogP contribution >= 0.6 is 0 Å². The van der Waals surface area contributed by atoms with Gasteiger partial charge in [-0.1, -0.05) is 20.8 Å². The maximum Gasteiger partial charge on any atom is 0.149 e. The molecule has 0 aromatic rings. The third-order valence-corrected chi connectivity index (χ3v) is 1.02. The normalized spacial score (nSPS) is 15.5. The summed E-state index contributed by atoms with van der Waals surface area (Å²) in [4.78, 5) is 9.90. The van der Waals surface area contributed by atoms with E-state index in [1.807, 2.05) is 20.8 Å². The molecule has 0 unspecified atom stereocenters. The topological polar surface area (TPSA) is 37.3 Å². The van der Waals surface area contributed by atoms with Gasteiger partial charge in [-0.2, -0.15) is 0 Å². The van der Waals surface area contributed by atoms with E-state index in [9.17, 15) is 4.79 Å². The van der Waals surface area contributed by atoms with Gasteiger partial charge in [-0.3, -0.25) is 0 Å². The highest BCUT2D eigenvalue weighted by Gasteiger charge is 2.20. The number of rotatable bonds is 1. The van der Waals surface area contributed by atoms with E-state index in [4.69, 9.17) is 5.11 Å². The van der Waals surface area contributed by atoms with Crippen LogP contribution in [-0.4, -0.2) is 17.5 Å². The van der Waals surface area contributed by atoms with Crippen molar-refractivity contribution in [1.82, 2.24) is 0 Å². The third kappa shape index (κ3) is 2.07. The van der Waals surface area contributed by atoms with E-state index < -0.39 is 6.10 Å². The Kier molecular flexibility index (Phi) is 2.16. The number of carbonyl (C=O) groups excluding carboxylic acids is 1. The van der Waals surface area contributed by atoms with Gasteiger partial charge >= 0.3 is 0 Å². The fourth-order valence-corrected chi connectivity index (χ4v) is 0.204. The standard InChI is InChI=1S/C6H12O2/c1-6(2,3)5(8)4-7/h4-5,8H,1-3H3/t5-/m1/s1. The van der Waals surface area contributed by atoms with E-state index >= 15 is 0 Å². The fourth-order valence-electron chi connectivity index (χ4n) is 0.204. The number of carbonyl (C=O) groups is 1. The quantitative estimate of drug-likeness (QED) is 0.509. The van der Waals surface area contributed by atoms with Crippen molar-refractivity contribution >= 4 is 6.29 Å². The lowest BCUT2D eigenvalue weighted by molar-refractivity contribution is -0.119. The molecule has 0 aliphatic rings. The zero-order valence-electron chi connectivity index (χ0n) is 5.51. The molecule has 2 nitrogen and oxygen atoms in total. The maximum absolute atomic E-state index is 9.90. The zero-order chi connectivity index (χ0) is 6.78. The van der Waals surface area contributed by atoms with E-state index in [1.54, 1.807) is 0 Å². The molecule has 0 aromatic heterocycles. The first-order chi connectivity index (χ1) is 3.48. The van der Waals surface area contributed by atoms with Crippen molar-refractivity contribution in [1.29, 1.82) is 0 Å². The minimum atomic E-state index is -0.831. The van der Waals surface area contributed by atoms with Crippen molar-refractivity contribution in [2.75, 3.05) is 0 Å². The summed E-state index contributed by atoms with van der Waals surface area (Å²) in [6.07, 6.45) is -0.275. The van der Waals surface area contributed by atoms with Gasteiger partial charge in [-0.05, 0) is 5.41 Å². The number of hydrogen-bond acceptors (Lipinski definition) is 2. The summed E-state index contributed by atoms with van der Waals surface area (Å²) >= 11 is 0. The average Bonchev–Trinajstić information content (AvgIpc) is 1.62. The van der Waals surface area contributed by atoms with Crippen molar-refractivity contribution in [3.8, 4) is 0 Å². The lowest BCUT2D eigenvalue weighted by atomic mass is 9.90. The molecule has 1 atom stereocenters. The molecule has 0 bridgehead atoms. The summed E-state index contributed by atoms with van der Waals surface area (Å²) in [5, 5.41) is 8.83. The molecule has 0 radical (unpaired) electrons. The van der Waals surface area contributed by atoms with Crippen LogP contribution in [0.4, 0.5) is 0 Å². The monoisotopic (exact) mass is 116 g/mol. The Bertz CT molecular complexity index is 81.0. The van der Waals surface area contributed by atoms with Gasteiger partial charge in [0.2, 0.25) is 0 Å². The minimum absolute atomic E-state index is 0.304. The molecule has 0 saturated carbocycles. The molecule has 0 spiro atoms. The SMILES string of the molecule is CC(C)(C)[C@H](O)C=O. The van der Waals surface area contributed by atoms with Gasteiger partial charge in [0.15, 0.2) is 0 Å². The molecule has 0 fully saturated rings. The van der Waals surface area contributed by atoms with Gasteiger partial charge in [-0.15, -0.1) is 0 Å². The highest BCUT2D eigenvalue weighted by atomic mass is 16.3. The highest BCUT2D eigenvalue weighted by Crippen LogP contribution is 2.16. The molecule has 0 heterocycles. The third-order valence-electron chi connectivity index (χ3n) is 1.02. The molecule has 0 aromatic carbocycles. The summed E-state index contributed by atoms with van der Waals surface area (Å²) in [7, 11) is 0. The van der Waals surface area contributed by atoms with Crippen LogP contribution in [0.15, 0.2) is 0 Å². The Morgan fingerprint density at radius 2 is 1.88 bits per heavy atom. The Morgan fingerprint density at radius 1 is 1.50 bits per heavy atom. The van der Waals surface area contributed by atoms with Crippen LogP contribution in [0.2, 0.25) is 0 Å². The molecule has 8 heavy (non-hydrogen) atoms. The van der Waals surface area contributed by atoms with Crippen molar-refractivity contribution in [3.05, 3.63) is 0 Å². The second-order valence-corrected chi connectivity index (χ2v) is 2.95. The van der Waals surface area contributed by atoms with Crippen molar-refractivity contribution < 1.29 is 9.90 Å². The second kappa shape index (κ2) is 2.27. The van der Waals surface area contributed by atoms with E-state index in [0.717, 1.165) is 0 Å². The highest BCUT2D eigenvalue weighted by molar-refractivity contribution is 5.56. The average molecular weight is 116 g/mol. The summed E-state index contributed by atoms with van der Waals surface area (Å²) in [5.41, 5.74) is -0.304. The number of aliphatic hydroxyl groups excluding tert-OH is 1. The first-order valence-corrected chi connectivity index (χ1v) is 2.62. The molecule has 0 amide bonds. The first-order valence-electron chi connectivity index (χ1n) is 2.62. The van der Waals surface area contributed by atoms with Crippen molar-refractivity contribution in [2.24, 2.45) is 5.41 Å². The van der Waals surface area contributed by atoms with Crippen LogP contribution in [-0.2, 0) is 4.79 Å². The van der Waals surface area contributed by atoms with Gasteiger partial charge in [0.25, 0.3) is 0 Å². The smallest absolute Gasteiger partial charge is 0.149 e. The molecule has 0 rings (SSSR count). The molecule has 0 aliphatic carbocycles. The fraction of sp³-hybridized carbons (Fsp3) is 0.833. The predicted molar refractivity (Wildman–Crippen MR) is 31.5 cm³/mol. The summed E-state index contributed by atoms with van der Waals surface area (Å²) in [5.74, 6) is 0. The van der Waals surface area contributed by atoms with Gasteiger partial charge in [0.1, 0.15) is 12.4 Å². The molecule has 2 heteroatoms. The van der Waals surface area contributed by atoms with E-state index in [-0.39, 0.29) is 5.41 Å². The maximum atomic E-state index is 9.90. The van der Waals surface area contributed by atoms with E-state index in [0.29, 0.717) is 6.29 Å². The molecule has 0 saturated heterocycles. The summed E-state index contributed by atoms with van der Waals surface area (Å²) in [6, 6.07) is 0. The van der Waals surface area contributed by atoms with Gasteiger partial charge < -0.3 is 9.90 Å². The minimum Gasteiger partial charge on any atom is -0.385 e. The second-order valence-electron chi connectivity index (χ2n) is 2.95. The predicted octanol–water partition coefficient (Wildman–Crippen LogP) is 0.592. The van der Waals surface area contributed by atoms with Gasteiger partial charge in [0.05, 0.1) is 0 Å². The molecule has 0 aliphatic heterocycles. The van der Waals surface area contributed by atoms with E-state index in [1.165, 1.54) is 0 Å². The molecular weight excluding hydrogens is 104 g/mol. The Morgan fingerprint density at radius 3 is 1.88 bits per heavy atom. The van der Waals surface area contributed by atoms with Crippen LogP contribution < -0.4 is 0 Å². The van der Waals surface area contributed by atoms with Crippen LogP contribution in [0.3, 0.4) is 0 Å². The Balaban J connectivity index is 3.80.